The summed E-state index contributed by atoms with van der Waals surface area (Å²) in [5.41, 5.74) is 12.4. The van der Waals surface area contributed by atoms with Crippen molar-refractivity contribution < 1.29 is 4.74 Å². The van der Waals surface area contributed by atoms with Crippen LogP contribution in [-0.4, -0.2) is 10.2 Å². The van der Waals surface area contributed by atoms with Gasteiger partial charge in [0.05, 0.1) is 17.2 Å². The quantitative estimate of drug-likeness (QED) is 0.629. The topological polar surface area (TPSA) is 87.7 Å². The van der Waals surface area contributed by atoms with Crippen molar-refractivity contribution in [1.82, 2.24) is 10.2 Å². The number of hydrogen-bond acceptors (Lipinski definition) is 4. The largest absolute Gasteiger partial charge is 0.420 e. The number of H-pyrrole nitrogens is 1. The van der Waals surface area contributed by atoms with Crippen molar-refractivity contribution in [3.8, 4) is 23.2 Å². The second-order valence-electron chi connectivity index (χ2n) is 6.59. The Balaban J connectivity index is 1.94. The van der Waals surface area contributed by atoms with E-state index in [1.165, 1.54) is 11.1 Å². The van der Waals surface area contributed by atoms with Crippen molar-refractivity contribution in [1.29, 1.82) is 5.26 Å². The van der Waals surface area contributed by atoms with Gasteiger partial charge in [0.2, 0.25) is 11.8 Å². The molecule has 0 spiro atoms. The summed E-state index contributed by atoms with van der Waals surface area (Å²) < 4.78 is 6.62. The zero-order valence-corrected chi connectivity index (χ0v) is 16.5. The lowest BCUT2D eigenvalue weighted by atomic mass is 9.83. The molecule has 1 aromatic heterocycles. The Kier molecular flexibility index (Phi) is 4.25. The first-order chi connectivity index (χ1) is 13.0. The number of nitriles is 1. The molecule has 0 aliphatic carbocycles. The fourth-order valence-corrected chi connectivity index (χ4v) is 3.61. The van der Waals surface area contributed by atoms with Gasteiger partial charge in [0.1, 0.15) is 11.6 Å². The van der Waals surface area contributed by atoms with Crippen molar-refractivity contribution in [2.24, 2.45) is 5.73 Å². The summed E-state index contributed by atoms with van der Waals surface area (Å²) in [7, 11) is 0. The number of nitrogens with zero attached hydrogens (tertiary/aromatic N) is 2. The molecule has 134 valence electrons. The average Bonchev–Trinajstić information content (AvgIpc) is 3.07. The maximum atomic E-state index is 9.75. The molecule has 0 fully saturated rings. The number of allylic oxidation sites excluding steroid dienone is 1. The van der Waals surface area contributed by atoms with Crippen LogP contribution in [0.15, 0.2) is 58.4 Å². The van der Waals surface area contributed by atoms with Crippen molar-refractivity contribution in [3.05, 3.63) is 80.6 Å². The van der Waals surface area contributed by atoms with E-state index in [4.69, 9.17) is 10.5 Å². The Bertz CT molecular complexity index is 1110. The van der Waals surface area contributed by atoms with Crippen molar-refractivity contribution in [3.63, 3.8) is 0 Å². The van der Waals surface area contributed by atoms with Gasteiger partial charge in [-0.25, -0.2) is 0 Å². The van der Waals surface area contributed by atoms with Gasteiger partial charge >= 0.3 is 0 Å². The van der Waals surface area contributed by atoms with Crippen molar-refractivity contribution >= 4 is 15.9 Å². The number of aromatic nitrogens is 2. The summed E-state index contributed by atoms with van der Waals surface area (Å²) in [5.74, 6) is 0.158. The number of halogens is 1. The number of hydrogen-bond donors (Lipinski definition) is 2. The third kappa shape index (κ3) is 2.90. The van der Waals surface area contributed by atoms with E-state index in [9.17, 15) is 5.26 Å². The highest BCUT2D eigenvalue weighted by atomic mass is 79.9. The third-order valence-electron chi connectivity index (χ3n) is 4.94. The van der Waals surface area contributed by atoms with Gasteiger partial charge in [-0.3, -0.25) is 5.10 Å². The molecule has 0 saturated carbocycles. The molecule has 2 heterocycles. The number of rotatable bonds is 2. The first kappa shape index (κ1) is 17.4. The highest BCUT2D eigenvalue weighted by molar-refractivity contribution is 9.10. The number of ether oxygens (including phenoxy) is 1. The minimum Gasteiger partial charge on any atom is -0.420 e. The molecule has 0 amide bonds. The van der Waals surface area contributed by atoms with Gasteiger partial charge in [-0.2, -0.15) is 5.26 Å². The molecule has 0 bridgehead atoms. The van der Waals surface area contributed by atoms with Gasteiger partial charge < -0.3 is 10.5 Å². The van der Waals surface area contributed by atoms with Crippen LogP contribution in [0.25, 0.3) is 11.3 Å². The lowest BCUT2D eigenvalue weighted by Gasteiger charge is -2.24. The van der Waals surface area contributed by atoms with Gasteiger partial charge in [0, 0.05) is 10.0 Å². The summed E-state index contributed by atoms with van der Waals surface area (Å²) in [6, 6.07) is 16.3. The first-order valence-electron chi connectivity index (χ1n) is 8.48. The van der Waals surface area contributed by atoms with Crippen LogP contribution in [0.5, 0.6) is 5.88 Å². The predicted octanol–water partition coefficient (Wildman–Crippen LogP) is 4.67. The summed E-state index contributed by atoms with van der Waals surface area (Å²) in [6.45, 7) is 4.15. The van der Waals surface area contributed by atoms with E-state index in [-0.39, 0.29) is 11.8 Å². The molecule has 0 unspecified atom stereocenters. The Morgan fingerprint density at radius 1 is 1.15 bits per heavy atom. The van der Waals surface area contributed by atoms with E-state index in [1.807, 2.05) is 30.3 Å². The van der Waals surface area contributed by atoms with Crippen LogP contribution in [0.2, 0.25) is 0 Å². The van der Waals surface area contributed by atoms with E-state index in [2.05, 4.69) is 58.2 Å². The Morgan fingerprint density at radius 2 is 1.89 bits per heavy atom. The zero-order valence-electron chi connectivity index (χ0n) is 14.9. The molecule has 0 radical (unpaired) electrons. The van der Waals surface area contributed by atoms with Crippen LogP contribution < -0.4 is 10.5 Å². The van der Waals surface area contributed by atoms with Crippen molar-refractivity contribution in [2.45, 2.75) is 19.8 Å². The smallest absolute Gasteiger partial charge is 0.244 e. The second-order valence-corrected chi connectivity index (χ2v) is 7.51. The van der Waals surface area contributed by atoms with Gasteiger partial charge in [0.25, 0.3) is 0 Å². The number of nitrogens with one attached hydrogen (secondary N) is 1. The highest BCUT2D eigenvalue weighted by Crippen LogP contribution is 2.45. The monoisotopic (exact) mass is 420 g/mol. The zero-order chi connectivity index (χ0) is 19.1. The minimum absolute atomic E-state index is 0.0936. The lowest BCUT2D eigenvalue weighted by molar-refractivity contribution is 0.379. The van der Waals surface area contributed by atoms with Gasteiger partial charge in [-0.05, 0) is 48.7 Å². The molecule has 3 N–H and O–H groups in total. The molecule has 5 nitrogen and oxygen atoms in total. The molecule has 0 saturated heterocycles. The highest BCUT2D eigenvalue weighted by Gasteiger charge is 2.35. The maximum absolute atomic E-state index is 9.75. The SMILES string of the molecule is Cc1ccc(-c2[nH]nc3c2[C@@H](c2ccc(Br)cc2)C(C#N)=C(N)O3)cc1C. The molecule has 2 aromatic carbocycles. The molecule has 3 aromatic rings. The molecule has 1 atom stereocenters. The standard InChI is InChI=1S/C21H17BrN4O/c1-11-3-4-14(9-12(11)2)19-18-17(13-5-7-15(22)8-6-13)16(10-23)20(24)27-21(18)26-25-19/h3-9,17H,24H2,1-2H3,(H,25,26)/t17-/m0/s1. The summed E-state index contributed by atoms with van der Waals surface area (Å²) >= 11 is 3.46. The molecule has 1 aliphatic heterocycles. The fourth-order valence-electron chi connectivity index (χ4n) is 3.35. The van der Waals surface area contributed by atoms with Crippen LogP contribution in [0.3, 0.4) is 0 Å². The second kappa shape index (κ2) is 6.60. The fraction of sp³-hybridized carbons (Fsp3) is 0.143. The summed E-state index contributed by atoms with van der Waals surface area (Å²) in [5, 5.41) is 17.1. The first-order valence-corrected chi connectivity index (χ1v) is 9.28. The van der Waals surface area contributed by atoms with Gasteiger partial charge in [0.15, 0.2) is 0 Å². The Labute approximate surface area is 165 Å². The van der Waals surface area contributed by atoms with Crippen molar-refractivity contribution in [2.75, 3.05) is 0 Å². The van der Waals surface area contributed by atoms with E-state index in [1.54, 1.807) is 0 Å². The minimum atomic E-state index is -0.345. The van der Waals surface area contributed by atoms with E-state index in [0.29, 0.717) is 11.5 Å². The van der Waals surface area contributed by atoms with E-state index < -0.39 is 0 Å². The Hall–Kier alpha value is -3.04. The van der Waals surface area contributed by atoms with Gasteiger partial charge in [-0.1, -0.05) is 40.2 Å². The van der Waals surface area contributed by atoms with Crippen LogP contribution in [0.4, 0.5) is 0 Å². The van der Waals surface area contributed by atoms with E-state index in [0.717, 1.165) is 26.9 Å². The molecule has 6 heteroatoms. The molecule has 1 aliphatic rings. The molecule has 4 rings (SSSR count). The lowest BCUT2D eigenvalue weighted by Crippen LogP contribution is -2.20. The average molecular weight is 421 g/mol. The van der Waals surface area contributed by atoms with Crippen LogP contribution in [0.1, 0.15) is 28.2 Å². The number of aryl methyl sites for hydroxylation is 2. The predicted molar refractivity (Wildman–Crippen MR) is 107 cm³/mol. The third-order valence-corrected chi connectivity index (χ3v) is 5.47. The normalized spacial score (nSPS) is 15.9. The molecular formula is C21H17BrN4O. The maximum Gasteiger partial charge on any atom is 0.244 e. The van der Waals surface area contributed by atoms with Crippen LogP contribution in [-0.2, 0) is 0 Å². The molecular weight excluding hydrogens is 404 g/mol. The van der Waals surface area contributed by atoms with Gasteiger partial charge in [-0.15, -0.1) is 5.10 Å². The summed E-state index contributed by atoms with van der Waals surface area (Å²) in [6.07, 6.45) is 0. The number of aromatic amines is 1. The van der Waals surface area contributed by atoms with Crippen LogP contribution >= 0.6 is 15.9 Å². The number of fused-ring (bicyclic) bond motifs is 1. The Morgan fingerprint density at radius 3 is 2.56 bits per heavy atom. The number of nitrogens with two attached hydrogens (primary N) is 1. The molecule has 27 heavy (non-hydrogen) atoms. The summed E-state index contributed by atoms with van der Waals surface area (Å²) in [4.78, 5) is 0. The number of benzene rings is 2. The van der Waals surface area contributed by atoms with E-state index >= 15 is 0 Å². The van der Waals surface area contributed by atoms with Crippen LogP contribution in [0, 0.1) is 25.2 Å².